The van der Waals surface area contributed by atoms with Gasteiger partial charge in [0, 0.05) is 24.8 Å². The highest BCUT2D eigenvalue weighted by Gasteiger charge is 2.08. The molecule has 5 heteroatoms. The number of hydrogen-bond donors (Lipinski definition) is 0. The predicted octanol–water partition coefficient (Wildman–Crippen LogP) is 1.12. The van der Waals surface area contributed by atoms with Gasteiger partial charge in [-0.2, -0.15) is 5.10 Å². The summed E-state index contributed by atoms with van der Waals surface area (Å²) in [5.74, 6) is 0.709. The molecule has 0 N–H and O–H groups in total. The number of benzene rings is 1. The Kier molecular flexibility index (Phi) is 2.04. The lowest BCUT2D eigenvalue weighted by atomic mass is 10.2. The fourth-order valence-electron chi connectivity index (χ4n) is 1.86. The Morgan fingerprint density at radius 2 is 1.94 bits per heavy atom. The number of aryl methyl sites for hydroxylation is 1. The van der Waals surface area contributed by atoms with Gasteiger partial charge in [-0.05, 0) is 6.07 Å². The molecule has 0 amide bonds. The van der Waals surface area contributed by atoms with Crippen LogP contribution in [0.15, 0.2) is 47.8 Å². The Labute approximate surface area is 97.0 Å². The molecule has 2 heterocycles. The maximum atomic E-state index is 11.9. The van der Waals surface area contributed by atoms with Crippen molar-refractivity contribution >= 4 is 10.8 Å². The van der Waals surface area contributed by atoms with Crippen molar-refractivity contribution in [3.8, 4) is 5.82 Å². The molecule has 3 aromatic rings. The maximum Gasteiger partial charge on any atom is 0.274 e. The first kappa shape index (κ1) is 9.77. The van der Waals surface area contributed by atoms with Gasteiger partial charge in [-0.15, -0.1) is 0 Å². The molecule has 0 aliphatic heterocycles. The van der Waals surface area contributed by atoms with E-state index in [0.717, 1.165) is 5.39 Å². The fraction of sp³-hybridized carbons (Fsp3) is 0.0833. The molecule has 0 bridgehead atoms. The highest BCUT2D eigenvalue weighted by molar-refractivity contribution is 5.87. The number of imidazole rings is 1. The molecule has 0 unspecified atom stereocenters. The van der Waals surface area contributed by atoms with Crippen molar-refractivity contribution in [1.29, 1.82) is 0 Å². The molecule has 0 saturated carbocycles. The van der Waals surface area contributed by atoms with E-state index in [9.17, 15) is 4.79 Å². The predicted molar refractivity (Wildman–Crippen MR) is 64.1 cm³/mol. The number of hydrogen-bond acceptors (Lipinski definition) is 3. The van der Waals surface area contributed by atoms with Crippen molar-refractivity contribution < 1.29 is 0 Å². The molecule has 84 valence electrons. The number of nitrogens with zero attached hydrogens (tertiary/aromatic N) is 4. The molecule has 2 aromatic heterocycles. The second-order valence-corrected chi connectivity index (χ2v) is 3.77. The van der Waals surface area contributed by atoms with Crippen LogP contribution in [0.5, 0.6) is 0 Å². The van der Waals surface area contributed by atoms with Gasteiger partial charge in [-0.3, -0.25) is 9.36 Å². The zero-order chi connectivity index (χ0) is 11.8. The molecule has 0 aliphatic carbocycles. The minimum absolute atomic E-state index is 0.0931. The van der Waals surface area contributed by atoms with Crippen molar-refractivity contribution in [2.45, 2.75) is 0 Å². The Bertz CT molecular complexity index is 728. The third kappa shape index (κ3) is 1.44. The van der Waals surface area contributed by atoms with Gasteiger partial charge < -0.3 is 0 Å². The van der Waals surface area contributed by atoms with Gasteiger partial charge in [0.25, 0.3) is 5.56 Å². The van der Waals surface area contributed by atoms with E-state index in [4.69, 9.17) is 0 Å². The largest absolute Gasteiger partial charge is 0.289 e. The minimum Gasteiger partial charge on any atom is -0.289 e. The quantitative estimate of drug-likeness (QED) is 0.624. The molecule has 3 rings (SSSR count). The summed E-state index contributed by atoms with van der Waals surface area (Å²) in [5, 5.41) is 5.76. The van der Waals surface area contributed by atoms with E-state index in [-0.39, 0.29) is 5.56 Å². The first-order valence-electron chi connectivity index (χ1n) is 5.22. The van der Waals surface area contributed by atoms with Crippen molar-refractivity contribution in [3.63, 3.8) is 0 Å². The average molecular weight is 226 g/mol. The van der Waals surface area contributed by atoms with Crippen molar-refractivity contribution in [2.75, 3.05) is 0 Å². The van der Waals surface area contributed by atoms with Crippen LogP contribution in [-0.2, 0) is 7.05 Å². The van der Waals surface area contributed by atoms with E-state index in [2.05, 4.69) is 10.1 Å². The lowest BCUT2D eigenvalue weighted by molar-refractivity contribution is 0.700. The van der Waals surface area contributed by atoms with Gasteiger partial charge in [0.2, 0.25) is 0 Å². The van der Waals surface area contributed by atoms with Crippen LogP contribution in [0.25, 0.3) is 16.6 Å². The van der Waals surface area contributed by atoms with Crippen LogP contribution in [-0.4, -0.2) is 19.3 Å². The van der Waals surface area contributed by atoms with Gasteiger partial charge in [-0.1, -0.05) is 18.2 Å². The lowest BCUT2D eigenvalue weighted by Crippen LogP contribution is -2.21. The normalized spacial score (nSPS) is 10.9. The molecule has 0 aliphatic rings. The summed E-state index contributed by atoms with van der Waals surface area (Å²) in [7, 11) is 1.65. The molecule has 1 aromatic carbocycles. The van der Waals surface area contributed by atoms with Crippen molar-refractivity contribution in [2.24, 2.45) is 7.05 Å². The van der Waals surface area contributed by atoms with E-state index in [1.807, 2.05) is 18.2 Å². The second kappa shape index (κ2) is 3.55. The van der Waals surface area contributed by atoms with Crippen molar-refractivity contribution in [3.05, 3.63) is 53.3 Å². The molecule has 0 saturated heterocycles. The summed E-state index contributed by atoms with van der Waals surface area (Å²) in [6.45, 7) is 0. The van der Waals surface area contributed by atoms with E-state index < -0.39 is 0 Å². The van der Waals surface area contributed by atoms with Crippen molar-refractivity contribution in [1.82, 2.24) is 19.3 Å². The van der Waals surface area contributed by atoms with E-state index in [0.29, 0.717) is 11.2 Å². The molecule has 0 spiro atoms. The molecule has 0 fully saturated rings. The minimum atomic E-state index is -0.0931. The van der Waals surface area contributed by atoms with E-state index >= 15 is 0 Å². The summed E-state index contributed by atoms with van der Waals surface area (Å²) in [6.07, 6.45) is 5.15. The van der Waals surface area contributed by atoms with Gasteiger partial charge in [0.1, 0.15) is 6.33 Å². The lowest BCUT2D eigenvalue weighted by Gasteiger charge is -2.07. The average Bonchev–Trinajstić information content (AvgIpc) is 2.87. The SMILES string of the molecule is Cn1nc(-n2ccnc2)c2ccccc2c1=O. The summed E-state index contributed by atoms with van der Waals surface area (Å²) >= 11 is 0. The summed E-state index contributed by atoms with van der Waals surface area (Å²) in [6, 6.07) is 7.43. The topological polar surface area (TPSA) is 52.7 Å². The molecular weight excluding hydrogens is 216 g/mol. The van der Waals surface area contributed by atoms with Crippen LogP contribution in [0.3, 0.4) is 0 Å². The van der Waals surface area contributed by atoms with Gasteiger partial charge in [0.15, 0.2) is 5.82 Å². The molecular formula is C12H10N4O. The summed E-state index contributed by atoms with van der Waals surface area (Å²) in [4.78, 5) is 15.9. The first-order valence-corrected chi connectivity index (χ1v) is 5.22. The first-order chi connectivity index (χ1) is 8.27. The standard InChI is InChI=1S/C12H10N4O/c1-15-12(17)10-5-3-2-4-9(10)11(14-15)16-7-6-13-8-16/h2-8H,1H3. The van der Waals surface area contributed by atoms with Crippen LogP contribution in [0.2, 0.25) is 0 Å². The number of aromatic nitrogens is 4. The highest BCUT2D eigenvalue weighted by atomic mass is 16.1. The Morgan fingerprint density at radius 1 is 1.18 bits per heavy atom. The molecule has 5 nitrogen and oxygen atoms in total. The van der Waals surface area contributed by atoms with Gasteiger partial charge in [-0.25, -0.2) is 9.67 Å². The highest BCUT2D eigenvalue weighted by Crippen LogP contribution is 2.16. The smallest absolute Gasteiger partial charge is 0.274 e. The van der Waals surface area contributed by atoms with E-state index in [1.54, 1.807) is 36.4 Å². The third-order valence-electron chi connectivity index (χ3n) is 2.69. The summed E-state index contributed by atoms with van der Waals surface area (Å²) in [5.41, 5.74) is -0.0931. The van der Waals surface area contributed by atoms with Crippen LogP contribution in [0.4, 0.5) is 0 Å². The zero-order valence-corrected chi connectivity index (χ0v) is 9.24. The second-order valence-electron chi connectivity index (χ2n) is 3.77. The summed E-state index contributed by atoms with van der Waals surface area (Å²) < 4.78 is 3.14. The van der Waals surface area contributed by atoms with E-state index in [1.165, 1.54) is 4.68 Å². The van der Waals surface area contributed by atoms with Crippen LogP contribution in [0.1, 0.15) is 0 Å². The molecule has 17 heavy (non-hydrogen) atoms. The van der Waals surface area contributed by atoms with Crippen LogP contribution in [0, 0.1) is 0 Å². The maximum absolute atomic E-state index is 11.9. The zero-order valence-electron chi connectivity index (χ0n) is 9.24. The van der Waals surface area contributed by atoms with Crippen LogP contribution >= 0.6 is 0 Å². The molecule has 0 radical (unpaired) electrons. The third-order valence-corrected chi connectivity index (χ3v) is 2.69. The Balaban J connectivity index is 2.48. The Hall–Kier alpha value is -2.43. The van der Waals surface area contributed by atoms with Crippen LogP contribution < -0.4 is 5.56 Å². The molecule has 0 atom stereocenters. The fourth-order valence-corrected chi connectivity index (χ4v) is 1.86. The number of fused-ring (bicyclic) bond motifs is 1. The monoisotopic (exact) mass is 226 g/mol. The number of rotatable bonds is 1. The van der Waals surface area contributed by atoms with Gasteiger partial charge in [0.05, 0.1) is 5.39 Å². The van der Waals surface area contributed by atoms with Gasteiger partial charge >= 0.3 is 0 Å². The Morgan fingerprint density at radius 3 is 2.65 bits per heavy atom.